The molecule has 2 aromatic rings. The summed E-state index contributed by atoms with van der Waals surface area (Å²) in [6.07, 6.45) is 8.62. The van der Waals surface area contributed by atoms with Crippen LogP contribution in [0.15, 0.2) is 22.6 Å². The lowest BCUT2D eigenvalue weighted by Gasteiger charge is -2.16. The molecule has 0 bridgehead atoms. The third-order valence-corrected chi connectivity index (χ3v) is 4.11. The van der Waals surface area contributed by atoms with E-state index in [1.54, 1.807) is 18.2 Å². The van der Waals surface area contributed by atoms with Gasteiger partial charge in [0.05, 0.1) is 5.56 Å². The van der Waals surface area contributed by atoms with E-state index in [9.17, 15) is 4.79 Å². The van der Waals surface area contributed by atoms with Gasteiger partial charge in [-0.2, -0.15) is 0 Å². The Morgan fingerprint density at radius 2 is 1.85 bits per heavy atom. The second-order valence-corrected chi connectivity index (χ2v) is 5.58. The number of benzene rings is 1. The number of carboxylic acids is 1. The number of aromatic carboxylic acids is 1. The standard InChI is InChI=1S/C16H19NO3/c18-16(19)12-8-9-13-14(10-12)20-15(17-13)11-6-4-2-1-3-5-7-11/h8-11H,1-7H2,(H,18,19). The van der Waals surface area contributed by atoms with Gasteiger partial charge in [-0.1, -0.05) is 32.1 Å². The molecule has 0 radical (unpaired) electrons. The number of oxazole rings is 1. The maximum Gasteiger partial charge on any atom is 0.335 e. The summed E-state index contributed by atoms with van der Waals surface area (Å²) in [5.74, 6) is 0.233. The van der Waals surface area contributed by atoms with Crippen LogP contribution < -0.4 is 0 Å². The quantitative estimate of drug-likeness (QED) is 0.883. The summed E-state index contributed by atoms with van der Waals surface area (Å²) in [5.41, 5.74) is 1.59. The van der Waals surface area contributed by atoms with Crippen molar-refractivity contribution < 1.29 is 14.3 Å². The number of fused-ring (bicyclic) bond motifs is 1. The Kier molecular flexibility index (Phi) is 3.72. The zero-order chi connectivity index (χ0) is 13.9. The second-order valence-electron chi connectivity index (χ2n) is 5.58. The first kappa shape index (κ1) is 13.2. The predicted molar refractivity (Wildman–Crippen MR) is 76.0 cm³/mol. The van der Waals surface area contributed by atoms with Crippen LogP contribution in [-0.2, 0) is 0 Å². The van der Waals surface area contributed by atoms with E-state index in [0.717, 1.165) is 24.2 Å². The highest BCUT2D eigenvalue weighted by Gasteiger charge is 2.19. The molecule has 3 rings (SSSR count). The van der Waals surface area contributed by atoms with Crippen LogP contribution in [0.5, 0.6) is 0 Å². The normalized spacial score (nSPS) is 17.8. The molecule has 1 aliphatic rings. The van der Waals surface area contributed by atoms with E-state index in [-0.39, 0.29) is 5.56 Å². The number of rotatable bonds is 2. The molecule has 1 N–H and O–H groups in total. The minimum atomic E-state index is -0.934. The predicted octanol–water partition coefficient (Wildman–Crippen LogP) is 4.35. The highest BCUT2D eigenvalue weighted by molar-refractivity contribution is 5.91. The number of hydrogen-bond acceptors (Lipinski definition) is 3. The fraction of sp³-hybridized carbons (Fsp3) is 0.500. The minimum Gasteiger partial charge on any atom is -0.478 e. The highest BCUT2D eigenvalue weighted by atomic mass is 16.4. The van der Waals surface area contributed by atoms with Crippen LogP contribution in [0.4, 0.5) is 0 Å². The average Bonchev–Trinajstić information content (AvgIpc) is 2.80. The number of hydrogen-bond donors (Lipinski definition) is 1. The van der Waals surface area contributed by atoms with Gasteiger partial charge in [-0.25, -0.2) is 9.78 Å². The van der Waals surface area contributed by atoms with Crippen molar-refractivity contribution in [2.45, 2.75) is 50.9 Å². The van der Waals surface area contributed by atoms with Gasteiger partial charge in [-0.15, -0.1) is 0 Å². The Bertz CT molecular complexity index is 609. The Morgan fingerprint density at radius 1 is 1.15 bits per heavy atom. The zero-order valence-electron chi connectivity index (χ0n) is 11.5. The van der Waals surface area contributed by atoms with E-state index in [0.29, 0.717) is 11.5 Å². The summed E-state index contributed by atoms with van der Waals surface area (Å²) in [4.78, 5) is 15.5. The number of carbonyl (C=O) groups is 1. The molecule has 0 spiro atoms. The van der Waals surface area contributed by atoms with Gasteiger partial charge in [0.15, 0.2) is 11.5 Å². The van der Waals surface area contributed by atoms with Crippen molar-refractivity contribution in [3.05, 3.63) is 29.7 Å². The van der Waals surface area contributed by atoms with Crippen LogP contribution in [0.25, 0.3) is 11.1 Å². The molecule has 1 heterocycles. The molecule has 0 saturated heterocycles. The van der Waals surface area contributed by atoms with Crippen LogP contribution in [0, 0.1) is 0 Å². The molecule has 0 amide bonds. The van der Waals surface area contributed by atoms with Gasteiger partial charge in [-0.05, 0) is 31.0 Å². The lowest BCUT2D eigenvalue weighted by Crippen LogP contribution is -2.02. The molecule has 1 saturated carbocycles. The Morgan fingerprint density at radius 3 is 2.55 bits per heavy atom. The largest absolute Gasteiger partial charge is 0.478 e. The van der Waals surface area contributed by atoms with E-state index < -0.39 is 5.97 Å². The van der Waals surface area contributed by atoms with Gasteiger partial charge in [0, 0.05) is 5.92 Å². The first-order valence-corrected chi connectivity index (χ1v) is 7.38. The van der Waals surface area contributed by atoms with Crippen LogP contribution in [-0.4, -0.2) is 16.1 Å². The SMILES string of the molecule is O=C(O)c1ccc2nc(C3CCCCCCC3)oc2c1. The van der Waals surface area contributed by atoms with E-state index in [1.807, 2.05) is 0 Å². The van der Waals surface area contributed by atoms with Crippen molar-refractivity contribution in [2.24, 2.45) is 0 Å². The van der Waals surface area contributed by atoms with Crippen molar-refractivity contribution in [3.63, 3.8) is 0 Å². The molecule has 106 valence electrons. The van der Waals surface area contributed by atoms with Crippen molar-refractivity contribution in [1.82, 2.24) is 4.98 Å². The van der Waals surface area contributed by atoms with Gasteiger partial charge >= 0.3 is 5.97 Å². The fourth-order valence-corrected chi connectivity index (χ4v) is 2.95. The van der Waals surface area contributed by atoms with Crippen molar-refractivity contribution in [2.75, 3.05) is 0 Å². The summed E-state index contributed by atoms with van der Waals surface area (Å²) >= 11 is 0. The molecule has 4 nitrogen and oxygen atoms in total. The fourth-order valence-electron chi connectivity index (χ4n) is 2.95. The van der Waals surface area contributed by atoms with E-state index >= 15 is 0 Å². The maximum atomic E-state index is 11.0. The molecule has 20 heavy (non-hydrogen) atoms. The minimum absolute atomic E-state index is 0.248. The number of carboxylic acid groups (broad SMARTS) is 1. The molecule has 1 aromatic carbocycles. The molecule has 1 aliphatic carbocycles. The Hall–Kier alpha value is -1.84. The van der Waals surface area contributed by atoms with Gasteiger partial charge in [0.2, 0.25) is 0 Å². The lowest BCUT2D eigenvalue weighted by molar-refractivity contribution is 0.0697. The third-order valence-electron chi connectivity index (χ3n) is 4.11. The third kappa shape index (κ3) is 2.69. The maximum absolute atomic E-state index is 11.0. The zero-order valence-corrected chi connectivity index (χ0v) is 11.5. The molecule has 0 unspecified atom stereocenters. The summed E-state index contributed by atoms with van der Waals surface area (Å²) in [7, 11) is 0. The van der Waals surface area contributed by atoms with E-state index in [1.165, 1.54) is 32.1 Å². The first-order chi connectivity index (χ1) is 9.74. The van der Waals surface area contributed by atoms with Gasteiger partial charge in [-0.3, -0.25) is 0 Å². The van der Waals surface area contributed by atoms with Crippen LogP contribution in [0.2, 0.25) is 0 Å². The second kappa shape index (κ2) is 5.65. The van der Waals surface area contributed by atoms with E-state index in [2.05, 4.69) is 4.98 Å². The summed E-state index contributed by atoms with van der Waals surface area (Å²) in [6, 6.07) is 4.88. The smallest absolute Gasteiger partial charge is 0.335 e. The molecular weight excluding hydrogens is 254 g/mol. The summed E-state index contributed by atoms with van der Waals surface area (Å²) < 4.78 is 5.82. The van der Waals surface area contributed by atoms with Crippen LogP contribution in [0.1, 0.15) is 67.1 Å². The summed E-state index contributed by atoms with van der Waals surface area (Å²) in [5, 5.41) is 9.01. The molecule has 0 aliphatic heterocycles. The average molecular weight is 273 g/mol. The van der Waals surface area contributed by atoms with Crippen molar-refractivity contribution >= 4 is 17.1 Å². The topological polar surface area (TPSA) is 63.3 Å². The number of aromatic nitrogens is 1. The molecular formula is C16H19NO3. The summed E-state index contributed by atoms with van der Waals surface area (Å²) in [6.45, 7) is 0. The molecule has 0 atom stereocenters. The van der Waals surface area contributed by atoms with Gasteiger partial charge in [0.1, 0.15) is 5.52 Å². The molecule has 1 fully saturated rings. The number of nitrogens with zero attached hydrogens (tertiary/aromatic N) is 1. The van der Waals surface area contributed by atoms with Crippen LogP contribution in [0.3, 0.4) is 0 Å². The molecule has 1 aromatic heterocycles. The van der Waals surface area contributed by atoms with E-state index in [4.69, 9.17) is 9.52 Å². The van der Waals surface area contributed by atoms with Gasteiger partial charge in [0.25, 0.3) is 0 Å². The van der Waals surface area contributed by atoms with Crippen molar-refractivity contribution in [1.29, 1.82) is 0 Å². The Labute approximate surface area is 117 Å². The molecule has 4 heteroatoms. The van der Waals surface area contributed by atoms with Crippen molar-refractivity contribution in [3.8, 4) is 0 Å². The highest BCUT2D eigenvalue weighted by Crippen LogP contribution is 2.32. The first-order valence-electron chi connectivity index (χ1n) is 7.38. The monoisotopic (exact) mass is 273 g/mol. The van der Waals surface area contributed by atoms with Gasteiger partial charge < -0.3 is 9.52 Å². The van der Waals surface area contributed by atoms with Crippen LogP contribution >= 0.6 is 0 Å². The lowest BCUT2D eigenvalue weighted by atomic mass is 9.91. The Balaban J connectivity index is 1.89.